The first-order valence-corrected chi connectivity index (χ1v) is 13.8. The Hall–Kier alpha value is -0.440. The van der Waals surface area contributed by atoms with Crippen molar-refractivity contribution in [3.63, 3.8) is 0 Å². The normalized spacial score (nSPS) is 39.6. The molecule has 0 saturated carbocycles. The molecule has 0 radical (unpaired) electrons. The largest absolute Gasteiger partial charge is 0.394 e. The molecule has 4 aliphatic rings. The van der Waals surface area contributed by atoms with E-state index in [0.717, 1.165) is 12.8 Å². The van der Waals surface area contributed by atoms with Gasteiger partial charge in [0, 0.05) is 6.61 Å². The topological polar surface area (TPSA) is 135 Å². The fourth-order valence-electron chi connectivity index (χ4n) is 5.52. The second-order valence-electron chi connectivity index (χ2n) is 11.4. The maximum absolute atomic E-state index is 11.1. The summed E-state index contributed by atoms with van der Waals surface area (Å²) < 4.78 is 47.7. The van der Waals surface area contributed by atoms with Crippen molar-refractivity contribution in [2.45, 2.75) is 146 Å². The number of hydrogen-bond donors (Lipinski definition) is 3. The molecule has 0 bridgehead atoms. The van der Waals surface area contributed by atoms with Crippen molar-refractivity contribution in [2.75, 3.05) is 19.8 Å². The van der Waals surface area contributed by atoms with Gasteiger partial charge in [-0.3, -0.25) is 0 Å². The lowest BCUT2D eigenvalue weighted by Crippen LogP contribution is -2.48. The van der Waals surface area contributed by atoms with Crippen LogP contribution < -0.4 is 0 Å². The average molecular weight is 535 g/mol. The fourth-order valence-corrected chi connectivity index (χ4v) is 5.52. The lowest BCUT2D eigenvalue weighted by molar-refractivity contribution is -0.242. The van der Waals surface area contributed by atoms with E-state index in [-0.39, 0.29) is 6.61 Å². The number of unbranched alkanes of at least 4 members (excludes halogenated alkanes) is 5. The summed E-state index contributed by atoms with van der Waals surface area (Å²) in [5.41, 5.74) is 0. The smallest absolute Gasteiger partial charge is 0.190 e. The predicted octanol–water partition coefficient (Wildman–Crippen LogP) is 1.58. The highest BCUT2D eigenvalue weighted by Gasteiger charge is 2.59. The number of hydrogen-bond acceptors (Lipinski definition) is 11. The Morgan fingerprint density at radius 1 is 0.703 bits per heavy atom. The van der Waals surface area contributed by atoms with E-state index >= 15 is 0 Å². The summed E-state index contributed by atoms with van der Waals surface area (Å²) in [7, 11) is 0. The van der Waals surface area contributed by atoms with Crippen LogP contribution in [0.5, 0.6) is 0 Å². The molecule has 10 atom stereocenters. The molecule has 3 N–H and O–H groups in total. The molecule has 0 aliphatic carbocycles. The van der Waals surface area contributed by atoms with Crippen molar-refractivity contribution >= 4 is 0 Å². The van der Waals surface area contributed by atoms with Crippen LogP contribution in [-0.4, -0.2) is 108 Å². The molecule has 4 aliphatic heterocycles. The maximum Gasteiger partial charge on any atom is 0.190 e. The van der Waals surface area contributed by atoms with Crippen LogP contribution in [0.15, 0.2) is 0 Å². The number of fused-ring (bicyclic) bond motifs is 2. The molecule has 0 aromatic rings. The van der Waals surface area contributed by atoms with E-state index in [1.54, 1.807) is 13.8 Å². The number of aliphatic hydroxyl groups excluding tert-OH is 3. The Morgan fingerprint density at radius 3 is 1.78 bits per heavy atom. The van der Waals surface area contributed by atoms with Crippen molar-refractivity contribution in [1.29, 1.82) is 0 Å². The van der Waals surface area contributed by atoms with E-state index in [1.165, 1.54) is 25.7 Å². The highest BCUT2D eigenvalue weighted by atomic mass is 16.9. The first-order chi connectivity index (χ1) is 17.5. The second kappa shape index (κ2) is 12.4. The van der Waals surface area contributed by atoms with Crippen molar-refractivity contribution in [3.8, 4) is 0 Å². The lowest BCUT2D eigenvalue weighted by atomic mass is 10.0. The van der Waals surface area contributed by atoms with Crippen LogP contribution in [0.1, 0.15) is 73.1 Å². The van der Waals surface area contributed by atoms with E-state index in [2.05, 4.69) is 6.92 Å². The first kappa shape index (κ1) is 29.5. The van der Waals surface area contributed by atoms with Gasteiger partial charge in [-0.1, -0.05) is 39.0 Å². The third-order valence-electron chi connectivity index (χ3n) is 7.27. The Kier molecular flexibility index (Phi) is 9.89. The minimum atomic E-state index is -1.19. The van der Waals surface area contributed by atoms with Gasteiger partial charge in [0.25, 0.3) is 0 Å². The van der Waals surface area contributed by atoms with Crippen LogP contribution in [0.4, 0.5) is 0 Å². The van der Waals surface area contributed by atoms with Crippen molar-refractivity contribution in [1.82, 2.24) is 0 Å². The molecular formula is C26H46O11. The SMILES string of the molecule is CCCCCCCCO[C@H]1C([C@H](O)CO[C@H]2C([C@H](O)CO)O[C@@H]3OC(C)(C)O[C@@H]32)O[C@@H]2OC(C)(C)O[C@@H]21. The van der Waals surface area contributed by atoms with Gasteiger partial charge in [0.2, 0.25) is 0 Å². The van der Waals surface area contributed by atoms with Gasteiger partial charge in [-0.2, -0.15) is 0 Å². The molecule has 4 saturated heterocycles. The summed E-state index contributed by atoms with van der Waals surface area (Å²) in [4.78, 5) is 0. The Balaban J connectivity index is 1.35. The lowest BCUT2D eigenvalue weighted by Gasteiger charge is -2.31. The van der Waals surface area contributed by atoms with Crippen LogP contribution >= 0.6 is 0 Å². The summed E-state index contributed by atoms with van der Waals surface area (Å²) in [6, 6.07) is 0. The molecule has 2 unspecified atom stereocenters. The van der Waals surface area contributed by atoms with Gasteiger partial charge in [0.15, 0.2) is 24.2 Å². The highest BCUT2D eigenvalue weighted by molar-refractivity contribution is 4.99. The third-order valence-corrected chi connectivity index (χ3v) is 7.27. The zero-order valence-corrected chi connectivity index (χ0v) is 22.7. The van der Waals surface area contributed by atoms with Gasteiger partial charge >= 0.3 is 0 Å². The Bertz CT molecular complexity index is 719. The van der Waals surface area contributed by atoms with Crippen LogP contribution in [0, 0.1) is 0 Å². The summed E-state index contributed by atoms with van der Waals surface area (Å²) in [6.45, 7) is 9.24. The zero-order valence-electron chi connectivity index (χ0n) is 22.7. The quantitative estimate of drug-likeness (QED) is 0.280. The first-order valence-electron chi connectivity index (χ1n) is 13.8. The minimum absolute atomic E-state index is 0.139. The number of ether oxygens (including phenoxy) is 8. The Morgan fingerprint density at radius 2 is 1.22 bits per heavy atom. The molecule has 4 heterocycles. The molecule has 4 rings (SSSR count). The van der Waals surface area contributed by atoms with Crippen LogP contribution in [0.25, 0.3) is 0 Å². The highest BCUT2D eigenvalue weighted by Crippen LogP contribution is 2.42. The van der Waals surface area contributed by atoms with Crippen LogP contribution in [-0.2, 0) is 37.9 Å². The van der Waals surface area contributed by atoms with Gasteiger partial charge < -0.3 is 53.2 Å². The zero-order chi connectivity index (χ0) is 26.8. The predicted molar refractivity (Wildman–Crippen MR) is 129 cm³/mol. The number of aliphatic hydroxyl groups is 3. The van der Waals surface area contributed by atoms with Gasteiger partial charge in [-0.25, -0.2) is 0 Å². The van der Waals surface area contributed by atoms with Gasteiger partial charge in [-0.15, -0.1) is 0 Å². The van der Waals surface area contributed by atoms with Gasteiger partial charge in [0.05, 0.1) is 13.2 Å². The van der Waals surface area contributed by atoms with Crippen molar-refractivity contribution in [2.24, 2.45) is 0 Å². The van der Waals surface area contributed by atoms with E-state index < -0.39 is 79.6 Å². The summed E-state index contributed by atoms with van der Waals surface area (Å²) in [5.74, 6) is -1.69. The van der Waals surface area contributed by atoms with Crippen molar-refractivity contribution in [3.05, 3.63) is 0 Å². The fraction of sp³-hybridized carbons (Fsp3) is 1.00. The van der Waals surface area contributed by atoms with E-state index in [1.807, 2.05) is 13.8 Å². The Labute approximate surface area is 219 Å². The molecule has 37 heavy (non-hydrogen) atoms. The van der Waals surface area contributed by atoms with Crippen molar-refractivity contribution < 1.29 is 53.2 Å². The molecular weight excluding hydrogens is 488 g/mol. The van der Waals surface area contributed by atoms with Gasteiger partial charge in [-0.05, 0) is 34.1 Å². The molecule has 11 heteroatoms. The molecule has 4 fully saturated rings. The summed E-state index contributed by atoms with van der Waals surface area (Å²) in [6.07, 6.45) is -0.814. The average Bonchev–Trinajstić information content (AvgIpc) is 3.51. The van der Waals surface area contributed by atoms with E-state index in [4.69, 9.17) is 37.9 Å². The van der Waals surface area contributed by atoms with Gasteiger partial charge in [0.1, 0.15) is 48.8 Å². The monoisotopic (exact) mass is 534 g/mol. The molecule has 0 amide bonds. The minimum Gasteiger partial charge on any atom is -0.394 e. The van der Waals surface area contributed by atoms with E-state index in [9.17, 15) is 15.3 Å². The standard InChI is InChI=1S/C26H46O11/c1-6-7-8-9-10-11-12-30-19-18(33-23-21(19)34-25(2,3)36-23)16(29)14-31-20-17(15(28)13-27)32-24-22(20)35-26(4,5)37-24/h15-24,27-29H,6-14H2,1-5H3/t15-,16-,17?,18?,19+,20+,21-,22-,23-,24-/m1/s1. The molecule has 11 nitrogen and oxygen atoms in total. The van der Waals surface area contributed by atoms with E-state index in [0.29, 0.717) is 6.61 Å². The van der Waals surface area contributed by atoms with Crippen LogP contribution in [0.2, 0.25) is 0 Å². The second-order valence-corrected chi connectivity index (χ2v) is 11.4. The molecule has 0 spiro atoms. The summed E-state index contributed by atoms with van der Waals surface area (Å²) in [5, 5.41) is 30.9. The maximum atomic E-state index is 11.1. The molecule has 0 aromatic heterocycles. The third kappa shape index (κ3) is 7.01. The summed E-state index contributed by atoms with van der Waals surface area (Å²) >= 11 is 0. The molecule has 216 valence electrons. The molecule has 0 aromatic carbocycles. The number of rotatable bonds is 14. The van der Waals surface area contributed by atoms with Crippen LogP contribution in [0.3, 0.4) is 0 Å².